The highest BCUT2D eigenvalue weighted by atomic mass is 79.9. The lowest BCUT2D eigenvalue weighted by molar-refractivity contribution is 0.225. The molecule has 0 aliphatic carbocycles. The molecule has 0 amide bonds. The molecule has 3 heteroatoms. The van der Waals surface area contributed by atoms with Crippen molar-refractivity contribution in [2.45, 2.75) is 12.8 Å². The van der Waals surface area contributed by atoms with Crippen LogP contribution in [0.5, 0.6) is 0 Å². The van der Waals surface area contributed by atoms with Crippen LogP contribution < -0.4 is 0 Å². The minimum Gasteiger partial charge on any atom is -0.396 e. The van der Waals surface area contributed by atoms with Crippen molar-refractivity contribution in [1.82, 2.24) is 0 Å². The van der Waals surface area contributed by atoms with Gasteiger partial charge in [0.05, 0.1) is 0 Å². The van der Waals surface area contributed by atoms with Crippen LogP contribution in [0.4, 0.5) is 0 Å². The summed E-state index contributed by atoms with van der Waals surface area (Å²) in [5, 5.41) is 10.3. The van der Waals surface area contributed by atoms with Crippen LogP contribution in [0.15, 0.2) is 53.0 Å². The summed E-state index contributed by atoms with van der Waals surface area (Å²) in [6.45, 7) is 0.190. The lowest BCUT2D eigenvalue weighted by atomic mass is 9.93. The molecule has 100 valence electrons. The number of hydrogen-bond donors (Lipinski definition) is 1. The molecule has 0 aromatic heterocycles. The Morgan fingerprint density at radius 3 is 2.32 bits per heavy atom. The van der Waals surface area contributed by atoms with Gasteiger partial charge < -0.3 is 5.11 Å². The van der Waals surface area contributed by atoms with Crippen molar-refractivity contribution in [3.05, 3.63) is 69.2 Å². The first-order valence-corrected chi connectivity index (χ1v) is 7.44. The SMILES string of the molecule is OCC(Cc1ccc(Cl)cc1)Cc1cccc(Br)c1. The van der Waals surface area contributed by atoms with E-state index in [0.717, 1.165) is 22.3 Å². The second-order valence-electron chi connectivity index (χ2n) is 4.71. The van der Waals surface area contributed by atoms with Gasteiger partial charge in [-0.3, -0.25) is 0 Å². The van der Waals surface area contributed by atoms with Gasteiger partial charge in [0, 0.05) is 16.1 Å². The molecule has 0 bridgehead atoms. The predicted octanol–water partition coefficient (Wildman–Crippen LogP) is 4.50. The van der Waals surface area contributed by atoms with Gasteiger partial charge in [0.15, 0.2) is 0 Å². The van der Waals surface area contributed by atoms with Gasteiger partial charge >= 0.3 is 0 Å². The molecule has 2 aromatic carbocycles. The molecular weight excluding hydrogens is 324 g/mol. The molecule has 0 heterocycles. The van der Waals surface area contributed by atoms with E-state index < -0.39 is 0 Å². The second kappa shape index (κ2) is 7.09. The molecule has 0 aliphatic rings. The predicted molar refractivity (Wildman–Crippen MR) is 83.6 cm³/mol. The van der Waals surface area contributed by atoms with Crippen LogP contribution in [0.3, 0.4) is 0 Å². The van der Waals surface area contributed by atoms with Crippen molar-refractivity contribution in [3.8, 4) is 0 Å². The van der Waals surface area contributed by atoms with Crippen LogP contribution in [0.1, 0.15) is 11.1 Å². The molecule has 1 nitrogen and oxygen atoms in total. The number of aliphatic hydroxyl groups excluding tert-OH is 1. The molecule has 0 saturated carbocycles. The Morgan fingerprint density at radius 1 is 1.00 bits per heavy atom. The zero-order valence-electron chi connectivity index (χ0n) is 10.5. The number of rotatable bonds is 5. The van der Waals surface area contributed by atoms with Crippen molar-refractivity contribution in [3.63, 3.8) is 0 Å². The first-order chi connectivity index (χ1) is 9.17. The first kappa shape index (κ1) is 14.6. The molecule has 1 N–H and O–H groups in total. The number of aliphatic hydroxyl groups is 1. The minimum atomic E-state index is 0.190. The van der Waals surface area contributed by atoms with Gasteiger partial charge in [-0.2, -0.15) is 0 Å². The molecule has 0 radical (unpaired) electrons. The third kappa shape index (κ3) is 4.64. The van der Waals surface area contributed by atoms with Crippen LogP contribution in [-0.2, 0) is 12.8 Å². The van der Waals surface area contributed by atoms with Crippen LogP contribution in [-0.4, -0.2) is 11.7 Å². The fourth-order valence-corrected chi connectivity index (χ4v) is 2.72. The molecular formula is C16H16BrClO. The number of benzene rings is 2. The number of halogens is 2. The minimum absolute atomic E-state index is 0.190. The standard InChI is InChI=1S/C16H16BrClO/c17-15-3-1-2-13(10-15)9-14(11-19)8-12-4-6-16(18)7-5-12/h1-7,10,14,19H,8-9,11H2. The van der Waals surface area contributed by atoms with Gasteiger partial charge in [0.2, 0.25) is 0 Å². The molecule has 0 spiro atoms. The Hall–Kier alpha value is -0.830. The largest absolute Gasteiger partial charge is 0.396 e. The smallest absolute Gasteiger partial charge is 0.0465 e. The van der Waals surface area contributed by atoms with Crippen LogP contribution in [0.2, 0.25) is 5.02 Å². The van der Waals surface area contributed by atoms with Crippen LogP contribution in [0.25, 0.3) is 0 Å². The van der Waals surface area contributed by atoms with E-state index >= 15 is 0 Å². The van der Waals surface area contributed by atoms with Crippen LogP contribution >= 0.6 is 27.5 Å². The first-order valence-electron chi connectivity index (χ1n) is 6.27. The summed E-state index contributed by atoms with van der Waals surface area (Å²) in [4.78, 5) is 0. The Labute approximate surface area is 127 Å². The average molecular weight is 340 g/mol. The lowest BCUT2D eigenvalue weighted by Crippen LogP contribution is -2.13. The Kier molecular flexibility index (Phi) is 5.44. The Bertz CT molecular complexity index is 525. The van der Waals surface area contributed by atoms with Crippen LogP contribution in [0, 0.1) is 5.92 Å². The molecule has 1 atom stereocenters. The Balaban J connectivity index is 2.02. The highest BCUT2D eigenvalue weighted by molar-refractivity contribution is 9.10. The normalized spacial score (nSPS) is 12.4. The van der Waals surface area contributed by atoms with E-state index in [1.54, 1.807) is 0 Å². The maximum atomic E-state index is 9.53. The third-order valence-corrected chi connectivity index (χ3v) is 3.85. The topological polar surface area (TPSA) is 20.2 Å². The van der Waals surface area contributed by atoms with E-state index in [0.29, 0.717) is 0 Å². The summed E-state index contributed by atoms with van der Waals surface area (Å²) in [6, 6.07) is 16.1. The van der Waals surface area contributed by atoms with Gasteiger partial charge in [0.1, 0.15) is 0 Å². The lowest BCUT2D eigenvalue weighted by Gasteiger charge is -2.14. The molecule has 19 heavy (non-hydrogen) atoms. The molecule has 0 fully saturated rings. The van der Waals surface area contributed by atoms with E-state index in [4.69, 9.17) is 11.6 Å². The summed E-state index contributed by atoms with van der Waals surface area (Å²) >= 11 is 9.35. The molecule has 1 unspecified atom stereocenters. The van der Waals surface area contributed by atoms with Crippen molar-refractivity contribution in [2.75, 3.05) is 6.61 Å². The molecule has 0 aliphatic heterocycles. The zero-order chi connectivity index (χ0) is 13.7. The van der Waals surface area contributed by atoms with Crippen molar-refractivity contribution in [2.24, 2.45) is 5.92 Å². The monoisotopic (exact) mass is 338 g/mol. The summed E-state index contributed by atoms with van der Waals surface area (Å²) in [5.41, 5.74) is 2.45. The van der Waals surface area contributed by atoms with Gasteiger partial charge in [-0.05, 0) is 54.2 Å². The maximum Gasteiger partial charge on any atom is 0.0465 e. The fraction of sp³-hybridized carbons (Fsp3) is 0.250. The zero-order valence-corrected chi connectivity index (χ0v) is 12.9. The summed E-state index contributed by atoms with van der Waals surface area (Å²) < 4.78 is 1.08. The van der Waals surface area contributed by atoms with E-state index in [-0.39, 0.29) is 12.5 Å². The van der Waals surface area contributed by atoms with Crippen molar-refractivity contribution in [1.29, 1.82) is 0 Å². The van der Waals surface area contributed by atoms with E-state index in [2.05, 4.69) is 28.1 Å². The molecule has 2 aromatic rings. The second-order valence-corrected chi connectivity index (χ2v) is 6.07. The van der Waals surface area contributed by atoms with Gasteiger partial charge in [-0.1, -0.05) is 51.8 Å². The third-order valence-electron chi connectivity index (χ3n) is 3.11. The van der Waals surface area contributed by atoms with E-state index in [1.807, 2.05) is 36.4 Å². The van der Waals surface area contributed by atoms with Crippen molar-refractivity contribution < 1.29 is 5.11 Å². The quantitative estimate of drug-likeness (QED) is 0.850. The van der Waals surface area contributed by atoms with Gasteiger partial charge in [0.25, 0.3) is 0 Å². The van der Waals surface area contributed by atoms with Gasteiger partial charge in [-0.15, -0.1) is 0 Å². The summed E-state index contributed by atoms with van der Waals surface area (Å²) in [6.07, 6.45) is 1.73. The highest BCUT2D eigenvalue weighted by Crippen LogP contribution is 2.19. The van der Waals surface area contributed by atoms with Gasteiger partial charge in [-0.25, -0.2) is 0 Å². The highest BCUT2D eigenvalue weighted by Gasteiger charge is 2.10. The molecule has 2 rings (SSSR count). The number of hydrogen-bond acceptors (Lipinski definition) is 1. The average Bonchev–Trinajstić information content (AvgIpc) is 2.40. The summed E-state index contributed by atoms with van der Waals surface area (Å²) in [5.74, 6) is 0.232. The van der Waals surface area contributed by atoms with E-state index in [1.165, 1.54) is 11.1 Å². The molecule has 0 saturated heterocycles. The fourth-order valence-electron chi connectivity index (χ4n) is 2.15. The summed E-state index contributed by atoms with van der Waals surface area (Å²) in [7, 11) is 0. The maximum absolute atomic E-state index is 9.53. The Morgan fingerprint density at radius 2 is 1.68 bits per heavy atom. The van der Waals surface area contributed by atoms with Crippen molar-refractivity contribution >= 4 is 27.5 Å². The van der Waals surface area contributed by atoms with E-state index in [9.17, 15) is 5.11 Å².